The fraction of sp³-hybridized carbons (Fsp3) is 0.462. The number of amides is 1. The number of rotatable bonds is 3. The lowest BCUT2D eigenvalue weighted by molar-refractivity contribution is -0.122. The Morgan fingerprint density at radius 2 is 2.59 bits per heavy atom. The summed E-state index contributed by atoms with van der Waals surface area (Å²) in [5.74, 6) is 2.42. The second-order valence-electron chi connectivity index (χ2n) is 4.18. The van der Waals surface area contributed by atoms with Crippen molar-refractivity contribution in [2.45, 2.75) is 19.4 Å². The van der Waals surface area contributed by atoms with Crippen LogP contribution in [0.2, 0.25) is 0 Å². The maximum Gasteiger partial charge on any atom is 0.234 e. The molecule has 0 unspecified atom stereocenters. The molecule has 4 heteroatoms. The quantitative estimate of drug-likeness (QED) is 0.820. The summed E-state index contributed by atoms with van der Waals surface area (Å²) in [7, 11) is 0. The van der Waals surface area contributed by atoms with Crippen LogP contribution in [0.3, 0.4) is 0 Å². The molecule has 0 spiro atoms. The normalized spacial score (nSPS) is 19.4. The number of hydrogen-bond donors (Lipinski definition) is 1. The molecule has 0 aromatic carbocycles. The van der Waals surface area contributed by atoms with Crippen LogP contribution in [0.4, 0.5) is 0 Å². The minimum Gasteiger partial charge on any atom is -0.344 e. The molecule has 90 valence electrons. The lowest BCUT2D eigenvalue weighted by Crippen LogP contribution is -2.41. The van der Waals surface area contributed by atoms with Gasteiger partial charge in [-0.2, -0.15) is 0 Å². The summed E-state index contributed by atoms with van der Waals surface area (Å²) >= 11 is 1.81. The van der Waals surface area contributed by atoms with Gasteiger partial charge in [-0.25, -0.2) is 0 Å². The Morgan fingerprint density at radius 1 is 1.76 bits per heavy atom. The molecule has 0 fully saturated rings. The lowest BCUT2D eigenvalue weighted by Gasteiger charge is -2.32. The van der Waals surface area contributed by atoms with Gasteiger partial charge in [-0.05, 0) is 30.4 Å². The van der Waals surface area contributed by atoms with E-state index in [0.29, 0.717) is 19.1 Å². The molecule has 0 aliphatic carbocycles. The van der Waals surface area contributed by atoms with E-state index < -0.39 is 0 Å². The van der Waals surface area contributed by atoms with Crippen LogP contribution in [-0.4, -0.2) is 30.4 Å². The maximum atomic E-state index is 11.6. The van der Waals surface area contributed by atoms with E-state index in [9.17, 15) is 4.79 Å². The van der Waals surface area contributed by atoms with Gasteiger partial charge in [0.25, 0.3) is 0 Å². The van der Waals surface area contributed by atoms with Crippen LogP contribution in [0.1, 0.15) is 23.4 Å². The Morgan fingerprint density at radius 3 is 3.35 bits per heavy atom. The van der Waals surface area contributed by atoms with Gasteiger partial charge in [-0.1, -0.05) is 5.92 Å². The van der Waals surface area contributed by atoms with Gasteiger partial charge in [0.1, 0.15) is 0 Å². The van der Waals surface area contributed by atoms with Gasteiger partial charge >= 0.3 is 0 Å². The number of hydrogen-bond acceptors (Lipinski definition) is 3. The van der Waals surface area contributed by atoms with E-state index in [4.69, 9.17) is 6.42 Å². The number of carbonyl (C=O) groups excluding carboxylic acids is 1. The molecule has 17 heavy (non-hydrogen) atoms. The number of terminal acetylenes is 1. The van der Waals surface area contributed by atoms with E-state index in [1.165, 1.54) is 10.4 Å². The summed E-state index contributed by atoms with van der Waals surface area (Å²) < 4.78 is 0. The minimum atomic E-state index is 0.00785. The SMILES string of the molecule is C#CCNC(=O)CN1CCc2sccc2[C@H]1C. The molecule has 0 saturated heterocycles. The molecule has 2 rings (SSSR count). The zero-order valence-electron chi connectivity index (χ0n) is 9.90. The van der Waals surface area contributed by atoms with Crippen molar-refractivity contribution >= 4 is 17.2 Å². The van der Waals surface area contributed by atoms with Crippen molar-refractivity contribution in [1.82, 2.24) is 10.2 Å². The van der Waals surface area contributed by atoms with Gasteiger partial charge in [0, 0.05) is 17.5 Å². The predicted molar refractivity (Wildman–Crippen MR) is 69.9 cm³/mol. The smallest absolute Gasteiger partial charge is 0.234 e. The second kappa shape index (κ2) is 5.35. The first-order valence-corrected chi connectivity index (χ1v) is 6.61. The van der Waals surface area contributed by atoms with Crippen molar-refractivity contribution < 1.29 is 4.79 Å². The van der Waals surface area contributed by atoms with Crippen molar-refractivity contribution in [3.63, 3.8) is 0 Å². The molecule has 1 amide bonds. The Bertz CT molecular complexity index is 447. The van der Waals surface area contributed by atoms with E-state index >= 15 is 0 Å². The summed E-state index contributed by atoms with van der Waals surface area (Å²) in [5.41, 5.74) is 1.37. The van der Waals surface area contributed by atoms with Crippen molar-refractivity contribution in [3.05, 3.63) is 21.9 Å². The largest absolute Gasteiger partial charge is 0.344 e. The lowest BCUT2D eigenvalue weighted by atomic mass is 10.0. The minimum absolute atomic E-state index is 0.00785. The summed E-state index contributed by atoms with van der Waals surface area (Å²) in [4.78, 5) is 15.3. The summed E-state index contributed by atoms with van der Waals surface area (Å²) in [6.45, 7) is 3.83. The number of thiophene rings is 1. The fourth-order valence-electron chi connectivity index (χ4n) is 2.17. The van der Waals surface area contributed by atoms with Gasteiger partial charge in [0.15, 0.2) is 0 Å². The Balaban J connectivity index is 1.96. The summed E-state index contributed by atoms with van der Waals surface area (Å²) in [6, 6.07) is 2.48. The monoisotopic (exact) mass is 248 g/mol. The molecule has 3 nitrogen and oxygen atoms in total. The molecule has 1 aliphatic heterocycles. The topological polar surface area (TPSA) is 32.3 Å². The molecule has 0 radical (unpaired) electrons. The van der Waals surface area contributed by atoms with Gasteiger partial charge in [-0.15, -0.1) is 17.8 Å². The van der Waals surface area contributed by atoms with E-state index in [-0.39, 0.29) is 5.91 Å². The van der Waals surface area contributed by atoms with Crippen LogP contribution in [0, 0.1) is 12.3 Å². The molecular formula is C13H16N2OS. The first-order valence-electron chi connectivity index (χ1n) is 5.73. The van der Waals surface area contributed by atoms with Crippen LogP contribution in [-0.2, 0) is 11.2 Å². The van der Waals surface area contributed by atoms with Crippen molar-refractivity contribution in [2.75, 3.05) is 19.6 Å². The third-order valence-corrected chi connectivity index (χ3v) is 4.13. The zero-order valence-corrected chi connectivity index (χ0v) is 10.7. The van der Waals surface area contributed by atoms with Gasteiger partial charge in [-0.3, -0.25) is 9.69 Å². The van der Waals surface area contributed by atoms with Crippen LogP contribution in [0.5, 0.6) is 0 Å². The van der Waals surface area contributed by atoms with E-state index in [1.807, 2.05) is 11.3 Å². The highest BCUT2D eigenvalue weighted by Crippen LogP contribution is 2.32. The molecule has 2 heterocycles. The van der Waals surface area contributed by atoms with E-state index in [2.05, 4.69) is 34.5 Å². The standard InChI is InChI=1S/C13H16N2OS/c1-3-6-14-13(16)9-15-7-4-12-11(10(15)2)5-8-17-12/h1,5,8,10H,4,6-7,9H2,2H3,(H,14,16)/t10-/m1/s1. The van der Waals surface area contributed by atoms with Crippen molar-refractivity contribution in [1.29, 1.82) is 0 Å². The molecule has 0 saturated carbocycles. The molecule has 1 aliphatic rings. The van der Waals surface area contributed by atoms with Crippen molar-refractivity contribution in [2.24, 2.45) is 0 Å². The third kappa shape index (κ3) is 2.68. The van der Waals surface area contributed by atoms with E-state index in [1.54, 1.807) is 0 Å². The summed E-state index contributed by atoms with van der Waals surface area (Å²) in [6.07, 6.45) is 6.15. The molecule has 1 atom stereocenters. The van der Waals surface area contributed by atoms with Crippen molar-refractivity contribution in [3.8, 4) is 12.3 Å². The van der Waals surface area contributed by atoms with Crippen LogP contribution >= 0.6 is 11.3 Å². The fourth-order valence-corrected chi connectivity index (χ4v) is 3.13. The average molecular weight is 248 g/mol. The molecule has 1 N–H and O–H groups in total. The average Bonchev–Trinajstić information content (AvgIpc) is 2.79. The molecule has 1 aromatic rings. The molecule has 0 bridgehead atoms. The zero-order chi connectivity index (χ0) is 12.3. The number of fused-ring (bicyclic) bond motifs is 1. The van der Waals surface area contributed by atoms with Crippen LogP contribution in [0.15, 0.2) is 11.4 Å². The maximum absolute atomic E-state index is 11.6. The molecule has 1 aromatic heterocycles. The number of carbonyl (C=O) groups is 1. The Kier molecular flexibility index (Phi) is 3.82. The van der Waals surface area contributed by atoms with Gasteiger partial charge in [0.2, 0.25) is 5.91 Å². The number of nitrogens with zero attached hydrogens (tertiary/aromatic N) is 1. The second-order valence-corrected chi connectivity index (χ2v) is 5.18. The predicted octanol–water partition coefficient (Wildman–Crippen LogP) is 1.42. The van der Waals surface area contributed by atoms with Gasteiger partial charge in [0.05, 0.1) is 13.1 Å². The summed E-state index contributed by atoms with van der Waals surface area (Å²) in [5, 5.41) is 4.83. The van der Waals surface area contributed by atoms with Crippen LogP contribution in [0.25, 0.3) is 0 Å². The Labute approximate surface area is 106 Å². The third-order valence-electron chi connectivity index (χ3n) is 3.14. The molecular weight excluding hydrogens is 232 g/mol. The van der Waals surface area contributed by atoms with Crippen LogP contribution < -0.4 is 5.32 Å². The highest BCUT2D eigenvalue weighted by molar-refractivity contribution is 7.10. The highest BCUT2D eigenvalue weighted by Gasteiger charge is 2.25. The Hall–Kier alpha value is -1.31. The number of nitrogens with one attached hydrogen (secondary N) is 1. The first kappa shape index (κ1) is 12.2. The first-order chi connectivity index (χ1) is 8.22. The van der Waals surface area contributed by atoms with Gasteiger partial charge < -0.3 is 5.32 Å². The highest BCUT2D eigenvalue weighted by atomic mass is 32.1. The van der Waals surface area contributed by atoms with E-state index in [0.717, 1.165) is 13.0 Å².